The van der Waals surface area contributed by atoms with E-state index in [0.29, 0.717) is 12.1 Å². The van der Waals surface area contributed by atoms with Crippen LogP contribution in [0.3, 0.4) is 0 Å². The molecule has 0 bridgehead atoms. The Bertz CT molecular complexity index is 1500. The number of carbonyl (C=O) groups is 1. The van der Waals surface area contributed by atoms with Crippen molar-refractivity contribution in [3.8, 4) is 16.9 Å². The zero-order valence-electron chi connectivity index (χ0n) is 21.3. The Morgan fingerprint density at radius 1 is 0.762 bits per heavy atom. The zero-order valence-corrected chi connectivity index (χ0v) is 21.3. The van der Waals surface area contributed by atoms with Gasteiger partial charge in [0.15, 0.2) is 0 Å². The van der Waals surface area contributed by atoms with Crippen molar-refractivity contribution < 1.29 is 58.2 Å². The second-order valence-corrected chi connectivity index (χ2v) is 9.86. The smallest absolute Gasteiger partial charge is 0.416 e. The molecule has 0 spiro atoms. The average Bonchev–Trinajstić information content (AvgIpc) is 3.48. The van der Waals surface area contributed by atoms with E-state index < -0.39 is 70.9 Å². The summed E-state index contributed by atoms with van der Waals surface area (Å²) in [6, 6.07) is 4.62. The number of nitrogens with zero attached hydrogens (tertiary/aromatic N) is 1. The van der Waals surface area contributed by atoms with Crippen LogP contribution in [0.2, 0.25) is 0 Å². The topological polar surface area (TPSA) is 38.8 Å². The van der Waals surface area contributed by atoms with Gasteiger partial charge in [-0.3, -0.25) is 4.90 Å². The van der Waals surface area contributed by atoms with E-state index in [1.165, 1.54) is 13.2 Å². The summed E-state index contributed by atoms with van der Waals surface area (Å²) in [6.45, 7) is 0. The number of ether oxygens (including phenoxy) is 2. The van der Waals surface area contributed by atoms with Crippen molar-refractivity contribution in [1.29, 1.82) is 0 Å². The average molecular weight is 607 g/mol. The summed E-state index contributed by atoms with van der Waals surface area (Å²) in [5.74, 6) is -0.621. The summed E-state index contributed by atoms with van der Waals surface area (Å²) in [5, 5.41) is 0. The van der Waals surface area contributed by atoms with Crippen LogP contribution in [0.4, 0.5) is 48.7 Å². The van der Waals surface area contributed by atoms with Crippen LogP contribution in [-0.2, 0) is 23.3 Å². The van der Waals surface area contributed by atoms with E-state index in [1.54, 1.807) is 0 Å². The minimum absolute atomic E-state index is 0.00665. The Kier molecular flexibility index (Phi) is 7.09. The normalized spacial score (nSPS) is 21.0. The van der Waals surface area contributed by atoms with Crippen LogP contribution in [0.5, 0.6) is 5.75 Å². The number of rotatable bonds is 4. The number of fused-ring (bicyclic) bond motifs is 1. The predicted molar refractivity (Wildman–Crippen MR) is 127 cm³/mol. The van der Waals surface area contributed by atoms with Gasteiger partial charge in [-0.15, -0.1) is 0 Å². The van der Waals surface area contributed by atoms with Crippen LogP contribution in [0, 0.1) is 5.82 Å². The van der Waals surface area contributed by atoms with E-state index >= 15 is 0 Å². The van der Waals surface area contributed by atoms with Crippen molar-refractivity contribution in [1.82, 2.24) is 4.90 Å². The molecule has 3 aromatic rings. The summed E-state index contributed by atoms with van der Waals surface area (Å²) in [4.78, 5) is 14.1. The van der Waals surface area contributed by atoms with Crippen LogP contribution in [0.1, 0.15) is 52.8 Å². The second-order valence-electron chi connectivity index (χ2n) is 9.86. The number of benzene rings is 3. The lowest BCUT2D eigenvalue weighted by Gasteiger charge is -2.26. The van der Waals surface area contributed by atoms with Gasteiger partial charge in [-0.25, -0.2) is 9.18 Å². The molecule has 0 radical (unpaired) electrons. The Morgan fingerprint density at radius 2 is 1.38 bits per heavy atom. The van der Waals surface area contributed by atoms with Gasteiger partial charge in [-0.1, -0.05) is 6.07 Å². The van der Waals surface area contributed by atoms with Crippen LogP contribution in [-0.4, -0.2) is 24.1 Å². The maximum absolute atomic E-state index is 14.2. The molecule has 0 N–H and O–H groups in total. The third-order valence-corrected chi connectivity index (χ3v) is 7.35. The molecular formula is C28H19F10NO3. The number of amides is 1. The first-order valence-electron chi connectivity index (χ1n) is 12.3. The van der Waals surface area contributed by atoms with Crippen LogP contribution in [0.25, 0.3) is 11.1 Å². The summed E-state index contributed by atoms with van der Waals surface area (Å²) in [7, 11) is 1.26. The second kappa shape index (κ2) is 10.1. The van der Waals surface area contributed by atoms with Gasteiger partial charge >= 0.3 is 24.6 Å². The Morgan fingerprint density at radius 3 is 1.95 bits per heavy atom. The number of methoxy groups -OCH3 is 1. The van der Waals surface area contributed by atoms with Crippen molar-refractivity contribution in [3.63, 3.8) is 0 Å². The third-order valence-electron chi connectivity index (χ3n) is 7.35. The number of alkyl halides is 9. The number of carbonyl (C=O) groups excluding carboxylic acids is 1. The van der Waals surface area contributed by atoms with Crippen molar-refractivity contribution in [2.24, 2.45) is 0 Å². The van der Waals surface area contributed by atoms with E-state index in [-0.39, 0.29) is 41.3 Å². The fourth-order valence-corrected chi connectivity index (χ4v) is 5.54. The molecule has 2 aliphatic rings. The minimum atomic E-state index is -5.15. The molecule has 3 aromatic carbocycles. The van der Waals surface area contributed by atoms with Crippen molar-refractivity contribution in [2.45, 2.75) is 49.6 Å². The maximum Gasteiger partial charge on any atom is 0.416 e. The quantitative estimate of drug-likeness (QED) is 0.278. The molecule has 42 heavy (non-hydrogen) atoms. The fraction of sp³-hybridized carbons (Fsp3) is 0.321. The zero-order chi connectivity index (χ0) is 30.8. The highest BCUT2D eigenvalue weighted by molar-refractivity contribution is 5.77. The standard InChI is InChI=1S/C28H19F10NO3/c1-41-23-7-3-17(29)12-20(23)18-4-2-14(26(30,31)32)11-19(18)21-5-6-22-24(42-25(40)39(21)22)13-8-15(27(33,34)35)10-16(9-13)28(36,37)38/h2-4,7-12,21-22,24H,5-6H2,1H3/t21-,22-,24+/m0/s1. The Labute approximate surface area is 231 Å². The molecule has 0 aromatic heterocycles. The van der Waals surface area contributed by atoms with Crippen LogP contribution < -0.4 is 4.74 Å². The lowest BCUT2D eigenvalue weighted by molar-refractivity contribution is -0.143. The summed E-state index contributed by atoms with van der Waals surface area (Å²) < 4.78 is 147. The van der Waals surface area contributed by atoms with E-state index in [9.17, 15) is 48.7 Å². The summed E-state index contributed by atoms with van der Waals surface area (Å²) in [5.41, 5.74) is -4.77. The third kappa shape index (κ3) is 5.34. The van der Waals surface area contributed by atoms with Gasteiger partial charge in [0.25, 0.3) is 0 Å². The lowest BCUT2D eigenvalue weighted by atomic mass is 9.91. The molecule has 3 atom stereocenters. The minimum Gasteiger partial charge on any atom is -0.496 e. The van der Waals surface area contributed by atoms with Gasteiger partial charge in [0.05, 0.1) is 35.9 Å². The molecule has 2 heterocycles. The molecule has 4 nitrogen and oxygen atoms in total. The molecule has 224 valence electrons. The SMILES string of the molecule is COc1ccc(F)cc1-c1ccc(C(F)(F)F)cc1[C@@H]1CC[C@H]2[C@@H](c3cc(C(F)(F)F)cc(C(F)(F)F)c3)OC(=O)N12. The molecule has 0 saturated carbocycles. The van der Waals surface area contributed by atoms with Crippen molar-refractivity contribution in [3.05, 3.63) is 88.2 Å². The van der Waals surface area contributed by atoms with Gasteiger partial charge in [0, 0.05) is 5.56 Å². The summed E-state index contributed by atoms with van der Waals surface area (Å²) in [6.07, 6.45) is -17.8. The first kappa shape index (κ1) is 29.5. The number of hydrogen-bond donors (Lipinski definition) is 0. The van der Waals surface area contributed by atoms with Gasteiger partial charge in [-0.2, -0.15) is 39.5 Å². The van der Waals surface area contributed by atoms with E-state index in [2.05, 4.69) is 0 Å². The molecule has 0 aliphatic carbocycles. The molecule has 2 saturated heterocycles. The van der Waals surface area contributed by atoms with Gasteiger partial charge in [-0.05, 0) is 78.1 Å². The lowest BCUT2D eigenvalue weighted by Crippen LogP contribution is -2.31. The van der Waals surface area contributed by atoms with Gasteiger partial charge < -0.3 is 9.47 Å². The van der Waals surface area contributed by atoms with E-state index in [4.69, 9.17) is 9.47 Å². The van der Waals surface area contributed by atoms with E-state index in [0.717, 1.165) is 35.2 Å². The number of cyclic esters (lactones) is 1. The molecule has 5 rings (SSSR count). The molecule has 0 unspecified atom stereocenters. The molecule has 14 heteroatoms. The van der Waals surface area contributed by atoms with Crippen molar-refractivity contribution >= 4 is 6.09 Å². The Hall–Kier alpha value is -3.97. The van der Waals surface area contributed by atoms with E-state index in [1.807, 2.05) is 0 Å². The summed E-state index contributed by atoms with van der Waals surface area (Å²) >= 11 is 0. The molecular weight excluding hydrogens is 588 g/mol. The van der Waals surface area contributed by atoms with Gasteiger partial charge in [0.2, 0.25) is 0 Å². The highest BCUT2D eigenvalue weighted by atomic mass is 19.4. The first-order chi connectivity index (χ1) is 19.5. The van der Waals surface area contributed by atoms with Gasteiger partial charge in [0.1, 0.15) is 17.7 Å². The maximum atomic E-state index is 14.2. The number of hydrogen-bond acceptors (Lipinski definition) is 3. The predicted octanol–water partition coefficient (Wildman–Crippen LogP) is 8.95. The Balaban J connectivity index is 1.61. The largest absolute Gasteiger partial charge is 0.496 e. The van der Waals surface area contributed by atoms with Crippen molar-refractivity contribution in [2.75, 3.05) is 7.11 Å². The first-order valence-corrected chi connectivity index (χ1v) is 12.3. The highest BCUT2D eigenvalue weighted by Gasteiger charge is 2.52. The van der Waals surface area contributed by atoms with Crippen LogP contribution in [0.15, 0.2) is 54.6 Å². The monoisotopic (exact) mass is 607 g/mol. The highest BCUT2D eigenvalue weighted by Crippen LogP contribution is 2.51. The number of halogens is 10. The van der Waals surface area contributed by atoms with Crippen LogP contribution >= 0.6 is 0 Å². The molecule has 2 fully saturated rings. The fourth-order valence-electron chi connectivity index (χ4n) is 5.54. The molecule has 1 amide bonds. The molecule has 2 aliphatic heterocycles.